The van der Waals surface area contributed by atoms with E-state index in [1.807, 2.05) is 0 Å². The molecule has 0 amide bonds. The molecule has 0 radical (unpaired) electrons. The highest BCUT2D eigenvalue weighted by atomic mass is 15.2. The lowest BCUT2D eigenvalue weighted by Crippen LogP contribution is -2.44. The fourth-order valence-electron chi connectivity index (χ4n) is 4.74. The maximum Gasteiger partial charge on any atom is 0.0702 e. The minimum Gasteiger partial charge on any atom is -0.304 e. The molecule has 2 aliphatic rings. The third-order valence-electron chi connectivity index (χ3n) is 7.15. The summed E-state index contributed by atoms with van der Waals surface area (Å²) in [6.45, 7) is 12.1. The van der Waals surface area contributed by atoms with Crippen LogP contribution in [-0.4, -0.2) is 104 Å². The van der Waals surface area contributed by atoms with Crippen LogP contribution in [0.4, 0.5) is 0 Å². The third kappa shape index (κ3) is 7.11. The molecule has 0 aliphatic carbocycles. The van der Waals surface area contributed by atoms with E-state index in [-0.39, 0.29) is 0 Å². The highest BCUT2D eigenvalue weighted by molar-refractivity contribution is 5.59. The van der Waals surface area contributed by atoms with Gasteiger partial charge in [0.2, 0.25) is 0 Å². The Bertz CT molecular complexity index is 718. The Kier molecular flexibility index (Phi) is 8.69. The lowest BCUT2D eigenvalue weighted by atomic mass is 10.0. The summed E-state index contributed by atoms with van der Waals surface area (Å²) in [5.41, 5.74) is 5.08. The Morgan fingerprint density at radius 3 is 1.62 bits per heavy atom. The van der Waals surface area contributed by atoms with E-state index in [9.17, 15) is 0 Å². The molecule has 32 heavy (non-hydrogen) atoms. The van der Waals surface area contributed by atoms with Crippen molar-refractivity contribution in [2.75, 3.05) is 79.5 Å². The van der Waals surface area contributed by atoms with Crippen molar-refractivity contribution < 1.29 is 0 Å². The van der Waals surface area contributed by atoms with Gasteiger partial charge in [0.05, 0.1) is 5.69 Å². The van der Waals surface area contributed by atoms with Crippen LogP contribution < -0.4 is 0 Å². The van der Waals surface area contributed by atoms with E-state index in [0.717, 1.165) is 18.5 Å². The zero-order valence-electron chi connectivity index (χ0n) is 20.2. The number of aryl methyl sites for hydroxylation is 2. The third-order valence-corrected chi connectivity index (χ3v) is 7.15. The lowest BCUT2D eigenvalue weighted by molar-refractivity contribution is 0.153. The largest absolute Gasteiger partial charge is 0.304 e. The van der Waals surface area contributed by atoms with Gasteiger partial charge in [0.15, 0.2) is 0 Å². The standard InChI is InChI=1S/C27H41N5/c1-29-15-19-31(20-16-29)13-3-5-24-7-10-26(11-8-24)27-12-9-25(23-28-27)6-4-14-32-21-17-30(2)18-22-32/h7-12,23H,3-6,13-22H2,1-2H3. The van der Waals surface area contributed by atoms with Crippen molar-refractivity contribution in [1.29, 1.82) is 0 Å². The highest BCUT2D eigenvalue weighted by Gasteiger charge is 2.14. The lowest BCUT2D eigenvalue weighted by Gasteiger charge is -2.32. The van der Waals surface area contributed by atoms with E-state index in [1.54, 1.807) is 0 Å². The SMILES string of the molecule is CN1CCN(CCCc2ccc(-c3ccc(CCCN4CCN(C)CC4)cn3)cc2)CC1. The first kappa shape index (κ1) is 23.4. The molecular weight excluding hydrogens is 394 g/mol. The molecular formula is C27H41N5. The van der Waals surface area contributed by atoms with Crippen molar-refractivity contribution in [2.45, 2.75) is 25.7 Å². The molecule has 5 nitrogen and oxygen atoms in total. The number of benzene rings is 1. The first-order valence-corrected chi connectivity index (χ1v) is 12.5. The van der Waals surface area contributed by atoms with Gasteiger partial charge in [-0.25, -0.2) is 0 Å². The van der Waals surface area contributed by atoms with Crippen molar-refractivity contribution in [3.8, 4) is 11.3 Å². The highest BCUT2D eigenvalue weighted by Crippen LogP contribution is 2.19. The zero-order valence-corrected chi connectivity index (χ0v) is 20.2. The van der Waals surface area contributed by atoms with Crippen molar-refractivity contribution >= 4 is 0 Å². The summed E-state index contributed by atoms with van der Waals surface area (Å²) in [6.07, 6.45) is 6.80. The van der Waals surface area contributed by atoms with E-state index < -0.39 is 0 Å². The van der Waals surface area contributed by atoms with Crippen molar-refractivity contribution in [3.63, 3.8) is 0 Å². The van der Waals surface area contributed by atoms with Crippen LogP contribution in [-0.2, 0) is 12.8 Å². The molecule has 2 aliphatic heterocycles. The van der Waals surface area contributed by atoms with E-state index in [4.69, 9.17) is 4.98 Å². The monoisotopic (exact) mass is 435 g/mol. The van der Waals surface area contributed by atoms with Crippen molar-refractivity contribution in [2.24, 2.45) is 0 Å². The van der Waals surface area contributed by atoms with Crippen LogP contribution in [0.2, 0.25) is 0 Å². The summed E-state index contributed by atoms with van der Waals surface area (Å²) in [6, 6.07) is 13.5. The number of hydrogen-bond acceptors (Lipinski definition) is 5. The van der Waals surface area contributed by atoms with Crippen LogP contribution in [0.15, 0.2) is 42.6 Å². The van der Waals surface area contributed by atoms with Gasteiger partial charge >= 0.3 is 0 Å². The quantitative estimate of drug-likeness (QED) is 0.603. The second-order valence-electron chi connectivity index (χ2n) is 9.75. The van der Waals surface area contributed by atoms with Gasteiger partial charge < -0.3 is 19.6 Å². The van der Waals surface area contributed by atoms with Crippen LogP contribution in [0.25, 0.3) is 11.3 Å². The Labute approximate surface area is 195 Å². The van der Waals surface area contributed by atoms with Gasteiger partial charge in [-0.1, -0.05) is 30.3 Å². The van der Waals surface area contributed by atoms with E-state index in [0.29, 0.717) is 0 Å². The molecule has 0 saturated carbocycles. The second-order valence-corrected chi connectivity index (χ2v) is 9.75. The summed E-state index contributed by atoms with van der Waals surface area (Å²) < 4.78 is 0. The molecule has 0 atom stereocenters. The van der Waals surface area contributed by atoms with Gasteiger partial charge in [-0.3, -0.25) is 4.98 Å². The first-order valence-electron chi connectivity index (χ1n) is 12.5. The number of likely N-dealkylation sites (N-methyl/N-ethyl adjacent to an activating group) is 2. The molecule has 1 aromatic heterocycles. The molecule has 0 N–H and O–H groups in total. The molecule has 2 saturated heterocycles. The Morgan fingerprint density at radius 2 is 1.12 bits per heavy atom. The van der Waals surface area contributed by atoms with Crippen LogP contribution in [0, 0.1) is 0 Å². The van der Waals surface area contributed by atoms with Gasteiger partial charge in [0.1, 0.15) is 0 Å². The normalized spacial score (nSPS) is 19.4. The van der Waals surface area contributed by atoms with Gasteiger partial charge in [-0.2, -0.15) is 0 Å². The minimum absolute atomic E-state index is 1.08. The van der Waals surface area contributed by atoms with Gasteiger partial charge in [0, 0.05) is 64.1 Å². The Hall–Kier alpha value is -1.79. The van der Waals surface area contributed by atoms with E-state index in [2.05, 4.69) is 76.3 Å². The molecule has 5 heteroatoms. The smallest absolute Gasteiger partial charge is 0.0702 e. The van der Waals surface area contributed by atoms with Crippen LogP contribution in [0.3, 0.4) is 0 Å². The molecule has 4 rings (SSSR count). The maximum absolute atomic E-state index is 4.75. The molecule has 1 aromatic carbocycles. The van der Waals surface area contributed by atoms with Gasteiger partial charge in [-0.15, -0.1) is 0 Å². The predicted octanol–water partition coefficient (Wildman–Crippen LogP) is 3.11. The summed E-state index contributed by atoms with van der Waals surface area (Å²) in [5, 5.41) is 0. The average Bonchev–Trinajstić information content (AvgIpc) is 2.83. The van der Waals surface area contributed by atoms with E-state index >= 15 is 0 Å². The first-order chi connectivity index (χ1) is 15.7. The average molecular weight is 436 g/mol. The summed E-state index contributed by atoms with van der Waals surface area (Å²) in [4.78, 5) is 14.8. The zero-order chi connectivity index (χ0) is 22.2. The number of piperazine rings is 2. The maximum atomic E-state index is 4.75. The summed E-state index contributed by atoms with van der Waals surface area (Å²) in [7, 11) is 4.44. The van der Waals surface area contributed by atoms with E-state index in [1.165, 1.54) is 95.0 Å². The molecule has 174 valence electrons. The number of pyridine rings is 1. The minimum atomic E-state index is 1.08. The van der Waals surface area contributed by atoms with Gasteiger partial charge in [-0.05, 0) is 70.1 Å². The summed E-state index contributed by atoms with van der Waals surface area (Å²) >= 11 is 0. The molecule has 0 spiro atoms. The predicted molar refractivity (Wildman–Crippen MR) is 134 cm³/mol. The van der Waals surface area contributed by atoms with Crippen LogP contribution >= 0.6 is 0 Å². The molecule has 2 aromatic rings. The number of rotatable bonds is 9. The topological polar surface area (TPSA) is 25.9 Å². The van der Waals surface area contributed by atoms with Gasteiger partial charge in [0.25, 0.3) is 0 Å². The Morgan fingerprint density at radius 1 is 0.625 bits per heavy atom. The van der Waals surface area contributed by atoms with Crippen LogP contribution in [0.5, 0.6) is 0 Å². The van der Waals surface area contributed by atoms with Crippen molar-refractivity contribution in [3.05, 3.63) is 53.7 Å². The second kappa shape index (κ2) is 11.9. The number of hydrogen-bond donors (Lipinski definition) is 0. The van der Waals surface area contributed by atoms with Crippen LogP contribution in [0.1, 0.15) is 24.0 Å². The Balaban J connectivity index is 1.18. The number of aromatic nitrogens is 1. The molecule has 0 unspecified atom stereocenters. The summed E-state index contributed by atoms with van der Waals surface area (Å²) in [5.74, 6) is 0. The molecule has 2 fully saturated rings. The molecule has 3 heterocycles. The fourth-order valence-corrected chi connectivity index (χ4v) is 4.74. The fraction of sp³-hybridized carbons (Fsp3) is 0.593. The van der Waals surface area contributed by atoms with Crippen molar-refractivity contribution in [1.82, 2.24) is 24.6 Å². The molecule has 0 bridgehead atoms. The number of nitrogens with zero attached hydrogens (tertiary/aromatic N) is 5.